The Balaban J connectivity index is 3.40. The average molecular weight is 262 g/mol. The van der Waals surface area contributed by atoms with Crippen LogP contribution in [0.15, 0.2) is 12.1 Å². The lowest BCUT2D eigenvalue weighted by atomic mass is 10.0. The quantitative estimate of drug-likeness (QED) is 0.845. The molecule has 18 heavy (non-hydrogen) atoms. The summed E-state index contributed by atoms with van der Waals surface area (Å²) in [6.45, 7) is 0. The molecule has 0 aliphatic carbocycles. The molecule has 0 saturated carbocycles. The van der Waals surface area contributed by atoms with Crippen LogP contribution in [0.5, 0.6) is 11.5 Å². The number of carboxylic acid groups (broad SMARTS) is 1. The van der Waals surface area contributed by atoms with Gasteiger partial charge in [-0.05, 0) is 17.7 Å². The summed E-state index contributed by atoms with van der Waals surface area (Å²) in [6, 6.07) is 2.02. The molecule has 0 saturated heterocycles. The SMILES string of the molecule is COc1cc(C(O)C(=O)O)cc(C(F)F)c1OC. The molecule has 0 bridgehead atoms. The van der Waals surface area contributed by atoms with Crippen molar-refractivity contribution in [2.75, 3.05) is 14.2 Å². The zero-order valence-corrected chi connectivity index (χ0v) is 9.68. The Morgan fingerprint density at radius 2 is 1.89 bits per heavy atom. The maximum atomic E-state index is 12.8. The van der Waals surface area contributed by atoms with Gasteiger partial charge in [0, 0.05) is 0 Å². The van der Waals surface area contributed by atoms with Crippen LogP contribution in [-0.4, -0.2) is 30.4 Å². The average Bonchev–Trinajstić information content (AvgIpc) is 2.35. The first-order chi connectivity index (χ1) is 8.42. The first kappa shape index (κ1) is 14.2. The van der Waals surface area contributed by atoms with Crippen LogP contribution in [-0.2, 0) is 4.79 Å². The van der Waals surface area contributed by atoms with Gasteiger partial charge in [-0.1, -0.05) is 0 Å². The van der Waals surface area contributed by atoms with E-state index in [4.69, 9.17) is 14.6 Å². The first-order valence-corrected chi connectivity index (χ1v) is 4.87. The van der Waals surface area contributed by atoms with E-state index < -0.39 is 24.1 Å². The van der Waals surface area contributed by atoms with Crippen molar-refractivity contribution in [1.82, 2.24) is 0 Å². The molecule has 0 spiro atoms. The normalized spacial score (nSPS) is 12.3. The number of rotatable bonds is 5. The number of aliphatic carboxylic acids is 1. The van der Waals surface area contributed by atoms with Crippen LogP contribution in [0.4, 0.5) is 8.78 Å². The van der Waals surface area contributed by atoms with E-state index in [0.717, 1.165) is 12.1 Å². The van der Waals surface area contributed by atoms with Gasteiger partial charge in [0.2, 0.25) is 0 Å². The molecule has 0 fully saturated rings. The largest absolute Gasteiger partial charge is 0.493 e. The summed E-state index contributed by atoms with van der Waals surface area (Å²) in [7, 11) is 2.42. The molecule has 0 aromatic heterocycles. The van der Waals surface area contributed by atoms with Crippen molar-refractivity contribution in [2.45, 2.75) is 12.5 Å². The fourth-order valence-electron chi connectivity index (χ4n) is 1.48. The third-order valence-corrected chi connectivity index (χ3v) is 2.31. The molecule has 1 rings (SSSR count). The number of hydrogen-bond acceptors (Lipinski definition) is 4. The zero-order valence-electron chi connectivity index (χ0n) is 9.68. The van der Waals surface area contributed by atoms with Gasteiger partial charge in [0.15, 0.2) is 17.6 Å². The van der Waals surface area contributed by atoms with Crippen molar-refractivity contribution in [2.24, 2.45) is 0 Å². The molecule has 0 radical (unpaired) electrons. The second-order valence-corrected chi connectivity index (χ2v) is 3.39. The number of methoxy groups -OCH3 is 2. The predicted octanol–water partition coefficient (Wildman–Crippen LogP) is 1.76. The topological polar surface area (TPSA) is 76.0 Å². The minimum atomic E-state index is -2.88. The fourth-order valence-corrected chi connectivity index (χ4v) is 1.48. The van der Waals surface area contributed by atoms with Crippen molar-refractivity contribution in [3.05, 3.63) is 23.3 Å². The number of aliphatic hydroxyl groups is 1. The minimum absolute atomic E-state index is 0.0643. The van der Waals surface area contributed by atoms with Crippen LogP contribution in [0.2, 0.25) is 0 Å². The monoisotopic (exact) mass is 262 g/mol. The molecular weight excluding hydrogens is 250 g/mol. The lowest BCUT2D eigenvalue weighted by Crippen LogP contribution is -2.11. The van der Waals surface area contributed by atoms with Gasteiger partial charge in [-0.15, -0.1) is 0 Å². The lowest BCUT2D eigenvalue weighted by Gasteiger charge is -2.15. The Bertz CT molecular complexity index is 447. The van der Waals surface area contributed by atoms with Crippen LogP contribution in [0.25, 0.3) is 0 Å². The van der Waals surface area contributed by atoms with E-state index in [2.05, 4.69) is 0 Å². The molecule has 2 N–H and O–H groups in total. The molecule has 0 aliphatic heterocycles. The second kappa shape index (κ2) is 5.63. The van der Waals surface area contributed by atoms with Gasteiger partial charge in [0.05, 0.1) is 19.8 Å². The predicted molar refractivity (Wildman–Crippen MR) is 57.1 cm³/mol. The standard InChI is InChI=1S/C11H12F2O5/c1-17-7-4-5(8(14)11(15)16)3-6(10(12)13)9(7)18-2/h3-4,8,10,14H,1-2H3,(H,15,16). The fraction of sp³-hybridized carbons (Fsp3) is 0.364. The van der Waals surface area contributed by atoms with E-state index in [1.54, 1.807) is 0 Å². The molecule has 5 nitrogen and oxygen atoms in total. The number of benzene rings is 1. The van der Waals surface area contributed by atoms with Gasteiger partial charge in [-0.2, -0.15) is 0 Å². The van der Waals surface area contributed by atoms with Gasteiger partial charge in [-0.25, -0.2) is 13.6 Å². The summed E-state index contributed by atoms with van der Waals surface area (Å²) >= 11 is 0. The summed E-state index contributed by atoms with van der Waals surface area (Å²) in [5.41, 5.74) is -0.734. The number of aliphatic hydroxyl groups excluding tert-OH is 1. The Kier molecular flexibility index (Phi) is 4.43. The Morgan fingerprint density at radius 3 is 2.28 bits per heavy atom. The number of halogens is 2. The molecule has 1 aromatic carbocycles. The van der Waals surface area contributed by atoms with Crippen molar-refractivity contribution in [1.29, 1.82) is 0 Å². The highest BCUT2D eigenvalue weighted by molar-refractivity contribution is 5.74. The van der Waals surface area contributed by atoms with E-state index in [1.807, 2.05) is 0 Å². The summed E-state index contributed by atoms with van der Waals surface area (Å²) < 4.78 is 35.2. The molecule has 100 valence electrons. The highest BCUT2D eigenvalue weighted by Gasteiger charge is 2.24. The summed E-state index contributed by atoms with van der Waals surface area (Å²) in [6.07, 6.45) is -4.78. The number of ether oxygens (including phenoxy) is 2. The van der Waals surface area contributed by atoms with E-state index >= 15 is 0 Å². The Hall–Kier alpha value is -1.89. The van der Waals surface area contributed by atoms with Gasteiger partial charge in [0.25, 0.3) is 6.43 Å². The molecule has 0 aliphatic rings. The van der Waals surface area contributed by atoms with E-state index in [1.165, 1.54) is 14.2 Å². The third kappa shape index (κ3) is 2.67. The second-order valence-electron chi connectivity index (χ2n) is 3.39. The van der Waals surface area contributed by atoms with Gasteiger partial charge < -0.3 is 19.7 Å². The van der Waals surface area contributed by atoms with Crippen molar-refractivity contribution < 1.29 is 33.3 Å². The first-order valence-electron chi connectivity index (χ1n) is 4.87. The minimum Gasteiger partial charge on any atom is -0.493 e. The maximum absolute atomic E-state index is 12.8. The summed E-state index contributed by atoms with van der Waals surface area (Å²) in [5.74, 6) is -1.79. The van der Waals surface area contributed by atoms with Gasteiger partial charge >= 0.3 is 5.97 Å². The van der Waals surface area contributed by atoms with Crippen LogP contribution in [0.1, 0.15) is 23.7 Å². The lowest BCUT2D eigenvalue weighted by molar-refractivity contribution is -0.146. The smallest absolute Gasteiger partial charge is 0.337 e. The van der Waals surface area contributed by atoms with Gasteiger partial charge in [-0.3, -0.25) is 0 Å². The number of hydrogen-bond donors (Lipinski definition) is 2. The molecule has 1 aromatic rings. The van der Waals surface area contributed by atoms with E-state index in [-0.39, 0.29) is 17.1 Å². The number of alkyl halides is 2. The van der Waals surface area contributed by atoms with E-state index in [9.17, 15) is 18.7 Å². The van der Waals surface area contributed by atoms with Crippen LogP contribution >= 0.6 is 0 Å². The van der Waals surface area contributed by atoms with Crippen LogP contribution < -0.4 is 9.47 Å². The van der Waals surface area contributed by atoms with Crippen molar-refractivity contribution in [3.63, 3.8) is 0 Å². The Labute approximate surface area is 102 Å². The van der Waals surface area contributed by atoms with Crippen LogP contribution in [0, 0.1) is 0 Å². The zero-order chi connectivity index (χ0) is 13.9. The van der Waals surface area contributed by atoms with Crippen molar-refractivity contribution >= 4 is 5.97 Å². The summed E-state index contributed by atoms with van der Waals surface area (Å²) in [5, 5.41) is 18.0. The highest BCUT2D eigenvalue weighted by Crippen LogP contribution is 2.39. The molecule has 0 amide bonds. The maximum Gasteiger partial charge on any atom is 0.337 e. The number of carbonyl (C=O) groups is 1. The summed E-state index contributed by atoms with van der Waals surface area (Å²) in [4.78, 5) is 10.6. The van der Waals surface area contributed by atoms with Crippen molar-refractivity contribution in [3.8, 4) is 11.5 Å². The number of carboxylic acids is 1. The third-order valence-electron chi connectivity index (χ3n) is 2.31. The highest BCUT2D eigenvalue weighted by atomic mass is 19.3. The molecule has 0 heterocycles. The van der Waals surface area contributed by atoms with E-state index in [0.29, 0.717) is 0 Å². The molecule has 1 atom stereocenters. The Morgan fingerprint density at radius 1 is 1.28 bits per heavy atom. The molecular formula is C11H12F2O5. The molecule has 1 unspecified atom stereocenters. The molecule has 7 heteroatoms. The van der Waals surface area contributed by atoms with Crippen LogP contribution in [0.3, 0.4) is 0 Å². The van der Waals surface area contributed by atoms with Gasteiger partial charge in [0.1, 0.15) is 0 Å².